The second-order valence-corrected chi connectivity index (χ2v) is 7.33. The van der Waals surface area contributed by atoms with Crippen LogP contribution in [-0.2, 0) is 4.74 Å². The fourth-order valence-corrected chi connectivity index (χ4v) is 3.78. The molecule has 1 N–H and O–H groups in total. The molecular formula is C22H27N3O3. The zero-order valence-corrected chi connectivity index (χ0v) is 16.5. The lowest BCUT2D eigenvalue weighted by Crippen LogP contribution is -2.40. The van der Waals surface area contributed by atoms with E-state index in [1.807, 2.05) is 56.4 Å². The highest BCUT2D eigenvalue weighted by atomic mass is 16.5. The van der Waals surface area contributed by atoms with Crippen LogP contribution >= 0.6 is 0 Å². The van der Waals surface area contributed by atoms with E-state index in [9.17, 15) is 4.79 Å². The lowest BCUT2D eigenvalue weighted by atomic mass is 10.00. The lowest BCUT2D eigenvalue weighted by Gasteiger charge is -2.36. The van der Waals surface area contributed by atoms with Crippen LogP contribution < -0.4 is 10.1 Å². The summed E-state index contributed by atoms with van der Waals surface area (Å²) in [4.78, 5) is 16.9. The van der Waals surface area contributed by atoms with Gasteiger partial charge >= 0.3 is 0 Å². The van der Waals surface area contributed by atoms with E-state index >= 15 is 0 Å². The number of nitrogens with zero attached hydrogens (tertiary/aromatic N) is 2. The van der Waals surface area contributed by atoms with E-state index in [0.29, 0.717) is 6.61 Å². The van der Waals surface area contributed by atoms with Crippen molar-refractivity contribution in [2.24, 2.45) is 0 Å². The first-order chi connectivity index (χ1) is 13.6. The molecule has 1 amide bonds. The minimum atomic E-state index is -0.191. The number of nitrogens with one attached hydrogen (secondary N) is 1. The molecule has 28 heavy (non-hydrogen) atoms. The van der Waals surface area contributed by atoms with Gasteiger partial charge in [0.05, 0.1) is 18.8 Å². The molecule has 1 saturated heterocycles. The topological polar surface area (TPSA) is 54.0 Å². The maximum absolute atomic E-state index is 12.8. The number of morpholine rings is 1. The van der Waals surface area contributed by atoms with Gasteiger partial charge in [-0.3, -0.25) is 9.69 Å². The molecule has 6 heteroatoms. The lowest BCUT2D eigenvalue weighted by molar-refractivity contribution is 0.0322. The van der Waals surface area contributed by atoms with Crippen molar-refractivity contribution in [3.63, 3.8) is 0 Å². The number of ether oxygens (including phenoxy) is 2. The Labute approximate surface area is 166 Å². The van der Waals surface area contributed by atoms with Gasteiger partial charge in [0.1, 0.15) is 18.5 Å². The van der Waals surface area contributed by atoms with Crippen LogP contribution in [-0.4, -0.2) is 62.2 Å². The second-order valence-electron chi connectivity index (χ2n) is 7.33. The molecule has 148 valence electrons. The van der Waals surface area contributed by atoms with Crippen molar-refractivity contribution in [3.8, 4) is 5.75 Å². The third-order valence-electron chi connectivity index (χ3n) is 5.46. The normalized spacial score (nSPS) is 19.9. The molecule has 0 radical (unpaired) electrons. The van der Waals surface area contributed by atoms with Gasteiger partial charge in [-0.15, -0.1) is 0 Å². The van der Waals surface area contributed by atoms with Crippen molar-refractivity contribution in [1.82, 2.24) is 9.80 Å². The largest absolute Gasteiger partial charge is 0.492 e. The van der Waals surface area contributed by atoms with Crippen LogP contribution in [0.5, 0.6) is 5.75 Å². The molecule has 0 saturated carbocycles. The van der Waals surface area contributed by atoms with E-state index < -0.39 is 0 Å². The molecule has 2 heterocycles. The molecule has 0 aliphatic carbocycles. The number of carbonyl (C=O) groups is 1. The molecule has 6 nitrogen and oxygen atoms in total. The number of benzene rings is 2. The first-order valence-electron chi connectivity index (χ1n) is 9.79. The summed E-state index contributed by atoms with van der Waals surface area (Å²) >= 11 is 0. The Balaban J connectivity index is 1.40. The minimum Gasteiger partial charge on any atom is -0.492 e. The smallest absolute Gasteiger partial charge is 0.257 e. The number of fused-ring (bicyclic) bond motifs is 1. The highest BCUT2D eigenvalue weighted by Crippen LogP contribution is 2.34. The molecule has 1 atom stereocenters. The maximum atomic E-state index is 12.8. The van der Waals surface area contributed by atoms with Crippen LogP contribution in [0.25, 0.3) is 0 Å². The van der Waals surface area contributed by atoms with Crippen LogP contribution in [0.15, 0.2) is 42.5 Å². The van der Waals surface area contributed by atoms with Crippen LogP contribution in [0.3, 0.4) is 0 Å². The first kappa shape index (κ1) is 18.8. The summed E-state index contributed by atoms with van der Waals surface area (Å²) < 4.78 is 11.3. The molecule has 2 aliphatic heterocycles. The number of rotatable bonds is 5. The third-order valence-corrected chi connectivity index (χ3v) is 5.46. The van der Waals surface area contributed by atoms with Crippen LogP contribution in [0, 0.1) is 6.92 Å². The number of amides is 1. The summed E-state index contributed by atoms with van der Waals surface area (Å²) in [6.45, 7) is 7.08. The monoisotopic (exact) mass is 381 g/mol. The standard InChI is InChI=1S/C22H27N3O3/c1-16-4-3-5-19-20(16)22(26)24(2)21(23-19)17-6-8-18(9-7-17)28-15-12-25-10-13-27-14-11-25/h3-9,21,23H,10-15H2,1-2H3. The number of anilines is 1. The summed E-state index contributed by atoms with van der Waals surface area (Å²) in [5.74, 6) is 0.890. The molecule has 1 fully saturated rings. The number of carbonyl (C=O) groups excluding carboxylic acids is 1. The van der Waals surface area contributed by atoms with E-state index in [1.54, 1.807) is 4.90 Å². The number of aryl methyl sites for hydroxylation is 1. The second kappa shape index (κ2) is 8.20. The van der Waals surface area contributed by atoms with Gasteiger partial charge in [-0.2, -0.15) is 0 Å². The molecule has 2 aromatic carbocycles. The molecule has 1 unspecified atom stereocenters. The van der Waals surface area contributed by atoms with Crippen molar-refractivity contribution in [2.45, 2.75) is 13.1 Å². The summed E-state index contributed by atoms with van der Waals surface area (Å²) in [7, 11) is 1.84. The van der Waals surface area contributed by atoms with Gasteiger partial charge in [0.2, 0.25) is 0 Å². The van der Waals surface area contributed by atoms with Crippen molar-refractivity contribution < 1.29 is 14.3 Å². The maximum Gasteiger partial charge on any atom is 0.257 e. The summed E-state index contributed by atoms with van der Waals surface area (Å²) in [5, 5.41) is 3.49. The predicted molar refractivity (Wildman–Crippen MR) is 109 cm³/mol. The average Bonchev–Trinajstić information content (AvgIpc) is 2.72. The third kappa shape index (κ3) is 3.84. The Kier molecular flexibility index (Phi) is 5.50. The van der Waals surface area contributed by atoms with Crippen molar-refractivity contribution in [1.29, 1.82) is 0 Å². The molecular weight excluding hydrogens is 354 g/mol. The van der Waals surface area contributed by atoms with Crippen molar-refractivity contribution >= 4 is 11.6 Å². The predicted octanol–water partition coefficient (Wildman–Crippen LogP) is 2.90. The Morgan fingerprint density at radius 3 is 2.64 bits per heavy atom. The van der Waals surface area contributed by atoms with E-state index in [1.165, 1.54) is 0 Å². The highest BCUT2D eigenvalue weighted by molar-refractivity contribution is 6.02. The quantitative estimate of drug-likeness (QED) is 0.863. The van der Waals surface area contributed by atoms with Gasteiger partial charge in [-0.05, 0) is 36.2 Å². The summed E-state index contributed by atoms with van der Waals surface area (Å²) in [5.41, 5.74) is 3.66. The van der Waals surface area contributed by atoms with Gasteiger partial charge in [0.25, 0.3) is 5.91 Å². The fraction of sp³-hybridized carbons (Fsp3) is 0.409. The summed E-state index contributed by atoms with van der Waals surface area (Å²) in [6.07, 6.45) is -0.191. The highest BCUT2D eigenvalue weighted by Gasteiger charge is 2.31. The SMILES string of the molecule is Cc1cccc2c1C(=O)N(C)C(c1ccc(OCCN3CCOCC3)cc1)N2. The van der Waals surface area contributed by atoms with Crippen LogP contribution in [0.2, 0.25) is 0 Å². The fourth-order valence-electron chi connectivity index (χ4n) is 3.78. The molecule has 0 spiro atoms. The summed E-state index contributed by atoms with van der Waals surface area (Å²) in [6, 6.07) is 13.9. The number of hydrogen-bond donors (Lipinski definition) is 1. The molecule has 2 aliphatic rings. The van der Waals surface area contributed by atoms with Crippen molar-refractivity contribution in [2.75, 3.05) is 51.8 Å². The van der Waals surface area contributed by atoms with Gasteiger partial charge in [-0.25, -0.2) is 0 Å². The average molecular weight is 381 g/mol. The van der Waals surface area contributed by atoms with Crippen molar-refractivity contribution in [3.05, 3.63) is 59.2 Å². The molecule has 4 rings (SSSR count). The van der Waals surface area contributed by atoms with E-state index in [0.717, 1.165) is 61.0 Å². The molecule has 0 aromatic heterocycles. The van der Waals surface area contributed by atoms with Gasteiger partial charge in [-0.1, -0.05) is 24.3 Å². The van der Waals surface area contributed by atoms with Crippen LogP contribution in [0.4, 0.5) is 5.69 Å². The Hall–Kier alpha value is -2.57. The first-order valence-corrected chi connectivity index (χ1v) is 9.79. The molecule has 0 bridgehead atoms. The van der Waals surface area contributed by atoms with E-state index in [-0.39, 0.29) is 12.1 Å². The number of hydrogen-bond acceptors (Lipinski definition) is 5. The van der Waals surface area contributed by atoms with Gasteiger partial charge < -0.3 is 19.7 Å². The Morgan fingerprint density at radius 1 is 1.14 bits per heavy atom. The van der Waals surface area contributed by atoms with Gasteiger partial charge in [0, 0.05) is 32.4 Å². The van der Waals surface area contributed by atoms with Crippen LogP contribution in [0.1, 0.15) is 27.7 Å². The van der Waals surface area contributed by atoms with E-state index in [2.05, 4.69) is 10.2 Å². The van der Waals surface area contributed by atoms with Gasteiger partial charge in [0.15, 0.2) is 0 Å². The zero-order valence-electron chi connectivity index (χ0n) is 16.5. The zero-order chi connectivity index (χ0) is 19.5. The van der Waals surface area contributed by atoms with E-state index in [4.69, 9.17) is 9.47 Å². The molecule has 2 aromatic rings. The Morgan fingerprint density at radius 2 is 1.89 bits per heavy atom. The minimum absolute atomic E-state index is 0.0442. The Bertz CT molecular complexity index is 831.